The number of methoxy groups -OCH3 is 1. The molecule has 0 aromatic heterocycles. The normalized spacial score (nSPS) is 10.3. The molecule has 2 rings (SSSR count). The minimum atomic E-state index is -0.536. The maximum atomic E-state index is 13.5. The zero-order valence-electron chi connectivity index (χ0n) is 10.7. The van der Waals surface area contributed by atoms with E-state index in [9.17, 15) is 9.18 Å². The Hall–Kier alpha value is -1.52. The SMILES string of the molecule is COc1ccc(C(=O)CSc2cccc(Cl)c2)cc1F. The van der Waals surface area contributed by atoms with Crippen LogP contribution in [-0.2, 0) is 0 Å². The van der Waals surface area contributed by atoms with Gasteiger partial charge in [0.1, 0.15) is 0 Å². The van der Waals surface area contributed by atoms with Gasteiger partial charge < -0.3 is 4.74 Å². The number of Topliss-reactive ketones (excluding diaryl/α,β-unsaturated/α-hetero) is 1. The lowest BCUT2D eigenvalue weighted by molar-refractivity contribution is 0.102. The van der Waals surface area contributed by atoms with Crippen molar-refractivity contribution in [3.8, 4) is 5.75 Å². The van der Waals surface area contributed by atoms with Gasteiger partial charge in [-0.2, -0.15) is 0 Å². The highest BCUT2D eigenvalue weighted by Crippen LogP contribution is 2.24. The predicted molar refractivity (Wildman–Crippen MR) is 79.5 cm³/mol. The quantitative estimate of drug-likeness (QED) is 0.602. The fraction of sp³-hybridized carbons (Fsp3) is 0.133. The van der Waals surface area contributed by atoms with Crippen LogP contribution < -0.4 is 4.74 Å². The standard InChI is InChI=1S/C15H12ClFO2S/c1-19-15-6-5-10(7-13(15)17)14(18)9-20-12-4-2-3-11(16)8-12/h2-8H,9H2,1H3. The Bertz CT molecular complexity index is 631. The Kier molecular flexibility index (Phi) is 5.04. The monoisotopic (exact) mass is 310 g/mol. The minimum absolute atomic E-state index is 0.129. The molecule has 0 unspecified atom stereocenters. The molecule has 5 heteroatoms. The summed E-state index contributed by atoms with van der Waals surface area (Å²) >= 11 is 7.24. The van der Waals surface area contributed by atoms with Gasteiger partial charge in [0.05, 0.1) is 12.9 Å². The number of ketones is 1. The summed E-state index contributed by atoms with van der Waals surface area (Å²) in [6, 6.07) is 11.5. The molecule has 0 saturated heterocycles. The van der Waals surface area contributed by atoms with Crippen LogP contribution in [-0.4, -0.2) is 18.6 Å². The number of thioether (sulfide) groups is 1. The average molecular weight is 311 g/mol. The van der Waals surface area contributed by atoms with Crippen molar-refractivity contribution in [2.75, 3.05) is 12.9 Å². The minimum Gasteiger partial charge on any atom is -0.494 e. The molecule has 0 aliphatic heterocycles. The first-order valence-electron chi connectivity index (χ1n) is 5.85. The number of carbonyl (C=O) groups excluding carboxylic acids is 1. The fourth-order valence-electron chi connectivity index (χ4n) is 1.63. The molecule has 0 fully saturated rings. The summed E-state index contributed by atoms with van der Waals surface area (Å²) in [5.74, 6) is -0.321. The van der Waals surface area contributed by atoms with E-state index in [2.05, 4.69) is 0 Å². The van der Waals surface area contributed by atoms with Crippen LogP contribution in [0, 0.1) is 5.82 Å². The predicted octanol–water partition coefficient (Wildman–Crippen LogP) is 4.46. The van der Waals surface area contributed by atoms with Crippen molar-refractivity contribution in [3.63, 3.8) is 0 Å². The summed E-state index contributed by atoms with van der Waals surface area (Å²) < 4.78 is 18.3. The maximum absolute atomic E-state index is 13.5. The highest BCUT2D eigenvalue weighted by atomic mass is 35.5. The van der Waals surface area contributed by atoms with Crippen LogP contribution >= 0.6 is 23.4 Å². The third-order valence-corrected chi connectivity index (χ3v) is 3.87. The zero-order valence-corrected chi connectivity index (χ0v) is 12.3. The number of benzene rings is 2. The molecule has 2 aromatic carbocycles. The van der Waals surface area contributed by atoms with Crippen LogP contribution in [0.25, 0.3) is 0 Å². The molecule has 20 heavy (non-hydrogen) atoms. The Morgan fingerprint density at radius 3 is 2.75 bits per heavy atom. The number of hydrogen-bond acceptors (Lipinski definition) is 3. The van der Waals surface area contributed by atoms with Crippen molar-refractivity contribution >= 4 is 29.1 Å². The first-order chi connectivity index (χ1) is 9.60. The third kappa shape index (κ3) is 3.74. The Morgan fingerprint density at radius 1 is 1.30 bits per heavy atom. The van der Waals surface area contributed by atoms with E-state index in [-0.39, 0.29) is 17.3 Å². The fourth-order valence-corrected chi connectivity index (χ4v) is 2.73. The summed E-state index contributed by atoms with van der Waals surface area (Å²) in [4.78, 5) is 12.9. The molecule has 0 radical (unpaired) electrons. The number of ether oxygens (including phenoxy) is 1. The highest BCUT2D eigenvalue weighted by molar-refractivity contribution is 8.00. The van der Waals surface area contributed by atoms with Crippen molar-refractivity contribution in [2.45, 2.75) is 4.90 Å². The van der Waals surface area contributed by atoms with Gasteiger partial charge in [0, 0.05) is 15.5 Å². The van der Waals surface area contributed by atoms with Gasteiger partial charge >= 0.3 is 0 Å². The molecule has 0 bridgehead atoms. The molecule has 0 saturated carbocycles. The molecule has 0 N–H and O–H groups in total. The third-order valence-electron chi connectivity index (χ3n) is 2.64. The summed E-state index contributed by atoms with van der Waals surface area (Å²) in [6.45, 7) is 0. The van der Waals surface area contributed by atoms with Gasteiger partial charge in [-0.15, -0.1) is 11.8 Å². The van der Waals surface area contributed by atoms with Crippen LogP contribution in [0.1, 0.15) is 10.4 Å². The van der Waals surface area contributed by atoms with Crippen molar-refractivity contribution in [1.82, 2.24) is 0 Å². The summed E-state index contributed by atoms with van der Waals surface area (Å²) in [6.07, 6.45) is 0. The van der Waals surface area contributed by atoms with Gasteiger partial charge in [0.25, 0.3) is 0 Å². The molecule has 0 spiro atoms. The van der Waals surface area contributed by atoms with Crippen LogP contribution in [0.3, 0.4) is 0 Å². The maximum Gasteiger partial charge on any atom is 0.173 e. The van der Waals surface area contributed by atoms with Crippen LogP contribution in [0.4, 0.5) is 4.39 Å². The number of carbonyl (C=O) groups is 1. The van der Waals surface area contributed by atoms with E-state index in [0.29, 0.717) is 10.6 Å². The van der Waals surface area contributed by atoms with Crippen LogP contribution in [0.5, 0.6) is 5.75 Å². The van der Waals surface area contributed by atoms with Crippen molar-refractivity contribution in [2.24, 2.45) is 0 Å². The second-order valence-corrected chi connectivity index (χ2v) is 5.50. The van der Waals surface area contributed by atoms with Gasteiger partial charge in [-0.25, -0.2) is 4.39 Å². The van der Waals surface area contributed by atoms with E-state index in [1.807, 2.05) is 12.1 Å². The lowest BCUT2D eigenvalue weighted by atomic mass is 10.1. The summed E-state index contributed by atoms with van der Waals surface area (Å²) in [5, 5.41) is 0.623. The van der Waals surface area contributed by atoms with E-state index in [1.54, 1.807) is 18.2 Å². The summed E-state index contributed by atoms with van der Waals surface area (Å²) in [5.41, 5.74) is 0.331. The number of rotatable bonds is 5. The first kappa shape index (κ1) is 14.9. The van der Waals surface area contributed by atoms with Crippen LogP contribution in [0.15, 0.2) is 47.4 Å². The van der Waals surface area contributed by atoms with E-state index in [1.165, 1.54) is 31.0 Å². The molecule has 0 amide bonds. The average Bonchev–Trinajstić information content (AvgIpc) is 2.44. The Morgan fingerprint density at radius 2 is 2.10 bits per heavy atom. The van der Waals surface area contributed by atoms with Gasteiger partial charge in [-0.3, -0.25) is 4.79 Å². The molecule has 0 aliphatic rings. The molecule has 0 atom stereocenters. The van der Waals surface area contributed by atoms with Gasteiger partial charge in [0.2, 0.25) is 0 Å². The molecular formula is C15H12ClFO2S. The van der Waals surface area contributed by atoms with E-state index >= 15 is 0 Å². The van der Waals surface area contributed by atoms with Crippen molar-refractivity contribution in [3.05, 3.63) is 58.9 Å². The van der Waals surface area contributed by atoms with Crippen molar-refractivity contribution in [1.29, 1.82) is 0 Å². The lowest BCUT2D eigenvalue weighted by Gasteiger charge is -2.05. The van der Waals surface area contributed by atoms with E-state index in [4.69, 9.17) is 16.3 Å². The molecule has 2 nitrogen and oxygen atoms in total. The number of hydrogen-bond donors (Lipinski definition) is 0. The van der Waals surface area contributed by atoms with Gasteiger partial charge in [-0.05, 0) is 36.4 Å². The second-order valence-electron chi connectivity index (χ2n) is 4.02. The Balaban J connectivity index is 2.03. The molecular weight excluding hydrogens is 299 g/mol. The number of halogens is 2. The zero-order chi connectivity index (χ0) is 14.5. The second kappa shape index (κ2) is 6.77. The largest absolute Gasteiger partial charge is 0.494 e. The smallest absolute Gasteiger partial charge is 0.173 e. The van der Waals surface area contributed by atoms with E-state index in [0.717, 1.165) is 4.90 Å². The van der Waals surface area contributed by atoms with Gasteiger partial charge in [0.15, 0.2) is 17.3 Å². The molecule has 0 aliphatic carbocycles. The molecule has 104 valence electrons. The van der Waals surface area contributed by atoms with Crippen molar-refractivity contribution < 1.29 is 13.9 Å². The molecule has 0 heterocycles. The highest BCUT2D eigenvalue weighted by Gasteiger charge is 2.10. The lowest BCUT2D eigenvalue weighted by Crippen LogP contribution is -2.03. The first-order valence-corrected chi connectivity index (χ1v) is 7.21. The molecule has 2 aromatic rings. The van der Waals surface area contributed by atoms with Crippen LogP contribution in [0.2, 0.25) is 5.02 Å². The Labute approximate surface area is 125 Å². The topological polar surface area (TPSA) is 26.3 Å². The van der Waals surface area contributed by atoms with E-state index < -0.39 is 5.82 Å². The summed E-state index contributed by atoms with van der Waals surface area (Å²) in [7, 11) is 1.38. The van der Waals surface area contributed by atoms with Gasteiger partial charge in [-0.1, -0.05) is 17.7 Å².